The summed E-state index contributed by atoms with van der Waals surface area (Å²) >= 11 is 5.60. The largest absolute Gasteiger partial charge is 0.288 e. The van der Waals surface area contributed by atoms with E-state index in [9.17, 15) is 32.2 Å². The summed E-state index contributed by atoms with van der Waals surface area (Å²) in [4.78, 5) is -0.514. The number of benzene rings is 1. The van der Waals surface area contributed by atoms with E-state index in [2.05, 4.69) is 0 Å². The fourth-order valence-electron chi connectivity index (χ4n) is 1.98. The minimum atomic E-state index is -9.77. The fourth-order valence-corrected chi connectivity index (χ4v) is 5.97. The molecule has 0 spiro atoms. The second-order valence-corrected chi connectivity index (χ2v) is 10.8. The summed E-state index contributed by atoms with van der Waals surface area (Å²) in [7, 11) is -14.2. The van der Waals surface area contributed by atoms with Crippen LogP contribution in [0.3, 0.4) is 0 Å². The van der Waals surface area contributed by atoms with E-state index in [4.69, 9.17) is 11.6 Å². The molecule has 1 saturated carbocycles. The highest BCUT2D eigenvalue weighted by atomic mass is 35.5. The Morgan fingerprint density at radius 1 is 1.05 bits per heavy atom. The van der Waals surface area contributed by atoms with Gasteiger partial charge in [-0.3, -0.25) is 0 Å². The fraction of sp³-hybridized carbons (Fsp3) is 0.400. The first-order valence-corrected chi connectivity index (χ1v) is 9.35. The van der Waals surface area contributed by atoms with E-state index in [1.165, 1.54) is 0 Å². The summed E-state index contributed by atoms with van der Waals surface area (Å²) in [5.41, 5.74) is 0. The normalized spacial score (nSPS) is 30.1. The Morgan fingerprint density at radius 2 is 1.48 bits per heavy atom. The molecule has 0 unspecified atom stereocenters. The number of halogens is 7. The van der Waals surface area contributed by atoms with Gasteiger partial charge in [-0.25, -0.2) is 12.8 Å². The van der Waals surface area contributed by atoms with Crippen LogP contribution >= 0.6 is 21.8 Å². The molecule has 0 atom stereocenters. The second-order valence-electron chi connectivity index (χ2n) is 4.90. The van der Waals surface area contributed by atoms with E-state index >= 15 is 0 Å². The summed E-state index contributed by atoms with van der Waals surface area (Å²) in [5.74, 6) is -0.754. The lowest BCUT2D eigenvalue weighted by molar-refractivity contribution is 0.291. The predicted molar refractivity (Wildman–Crippen MR) is 68.3 cm³/mol. The van der Waals surface area contributed by atoms with Gasteiger partial charge in [0.1, 0.15) is 11.1 Å². The number of sulfone groups is 1. The lowest BCUT2D eigenvalue weighted by atomic mass is 9.98. The van der Waals surface area contributed by atoms with Crippen molar-refractivity contribution in [1.82, 2.24) is 0 Å². The zero-order chi connectivity index (χ0) is 16.4. The smallest absolute Gasteiger partial charge is 0.222 e. The minimum absolute atomic E-state index is 0.514. The maximum Gasteiger partial charge on any atom is 0.288 e. The second kappa shape index (κ2) is 3.83. The average molecular weight is 375 g/mol. The highest BCUT2D eigenvalue weighted by molar-refractivity contribution is 8.46. The van der Waals surface area contributed by atoms with E-state index < -0.39 is 53.1 Å². The van der Waals surface area contributed by atoms with Crippen molar-refractivity contribution in [2.75, 3.05) is 0 Å². The Bertz CT molecular complexity index is 677. The highest BCUT2D eigenvalue weighted by Crippen LogP contribution is 3.02. The predicted octanol–water partition coefficient (Wildman–Crippen LogP) is 5.00. The van der Waals surface area contributed by atoms with Crippen molar-refractivity contribution in [2.45, 2.75) is 27.2 Å². The first-order chi connectivity index (χ1) is 9.05. The zero-order valence-corrected chi connectivity index (χ0v) is 12.5. The van der Waals surface area contributed by atoms with E-state index in [1.807, 2.05) is 0 Å². The van der Waals surface area contributed by atoms with Crippen LogP contribution in [0.25, 0.3) is 0 Å². The van der Waals surface area contributed by atoms with Crippen LogP contribution in [0, 0.1) is 5.82 Å². The van der Waals surface area contributed by atoms with Crippen molar-refractivity contribution in [3.63, 3.8) is 0 Å². The quantitative estimate of drug-likeness (QED) is 0.424. The molecule has 11 heteroatoms. The Kier molecular flexibility index (Phi) is 3.05. The van der Waals surface area contributed by atoms with Gasteiger partial charge in [0.2, 0.25) is 0 Å². The third-order valence-corrected chi connectivity index (χ3v) is 8.00. The summed E-state index contributed by atoms with van der Waals surface area (Å²) in [5, 5.41) is -3.03. The summed E-state index contributed by atoms with van der Waals surface area (Å²) < 4.78 is 97.1. The molecule has 0 amide bonds. The third-order valence-electron chi connectivity index (χ3n) is 3.30. The number of hydrogen-bond acceptors (Lipinski definition) is 2. The molecule has 122 valence electrons. The first-order valence-electron chi connectivity index (χ1n) is 5.47. The van der Waals surface area contributed by atoms with Crippen LogP contribution in [-0.2, 0) is 9.84 Å². The van der Waals surface area contributed by atoms with Gasteiger partial charge in [-0.05, 0) is 24.3 Å². The SMILES string of the molecule is O=S(=O)(c1ccc(F)cc1)C1(Cl)CC(S(F)(F)(F)(F)F)C1. The van der Waals surface area contributed by atoms with Crippen molar-refractivity contribution in [2.24, 2.45) is 0 Å². The Balaban J connectivity index is 2.31. The molecule has 1 aliphatic carbocycles. The molecular weight excluding hydrogens is 366 g/mol. The van der Waals surface area contributed by atoms with Crippen LogP contribution in [0.15, 0.2) is 29.2 Å². The summed E-state index contributed by atoms with van der Waals surface area (Å²) in [6.45, 7) is 0. The van der Waals surface area contributed by atoms with Gasteiger partial charge >= 0.3 is 0 Å². The molecule has 0 N–H and O–H groups in total. The van der Waals surface area contributed by atoms with Crippen molar-refractivity contribution in [3.8, 4) is 0 Å². The Hall–Kier alpha value is -0.610. The van der Waals surface area contributed by atoms with Crippen molar-refractivity contribution in [1.29, 1.82) is 0 Å². The molecule has 0 aliphatic heterocycles. The topological polar surface area (TPSA) is 34.1 Å². The van der Waals surface area contributed by atoms with Gasteiger partial charge in [0.25, 0.3) is 10.2 Å². The van der Waals surface area contributed by atoms with Crippen molar-refractivity contribution in [3.05, 3.63) is 30.1 Å². The standard InChI is InChI=1S/C10H9ClF6O2S2/c11-10(5-9(6-10)21(13,14,15,16)17)20(18,19)8-3-1-7(12)2-4-8/h1-4,9H,5-6H2. The van der Waals surface area contributed by atoms with Gasteiger partial charge < -0.3 is 0 Å². The molecular formula is C10H9ClF6O2S2. The van der Waals surface area contributed by atoms with E-state index in [1.54, 1.807) is 0 Å². The molecule has 1 aliphatic rings. The van der Waals surface area contributed by atoms with Gasteiger partial charge in [0.15, 0.2) is 14.0 Å². The maximum atomic E-state index is 12.7. The zero-order valence-electron chi connectivity index (χ0n) is 10.1. The van der Waals surface area contributed by atoms with Gasteiger partial charge in [-0.2, -0.15) is 0 Å². The van der Waals surface area contributed by atoms with Crippen molar-refractivity contribution < 1.29 is 32.2 Å². The number of hydrogen-bond donors (Lipinski definition) is 0. The highest BCUT2D eigenvalue weighted by Gasteiger charge is 2.77. The molecule has 21 heavy (non-hydrogen) atoms. The van der Waals surface area contributed by atoms with E-state index in [0.29, 0.717) is 0 Å². The molecule has 0 saturated heterocycles. The van der Waals surface area contributed by atoms with Crippen LogP contribution in [0.5, 0.6) is 0 Å². The van der Waals surface area contributed by atoms with Gasteiger partial charge in [-0.15, -0.1) is 11.6 Å². The van der Waals surface area contributed by atoms with Crippen LogP contribution < -0.4 is 0 Å². The maximum absolute atomic E-state index is 12.7. The van der Waals surface area contributed by atoms with Crippen molar-refractivity contribution >= 4 is 31.7 Å². The van der Waals surface area contributed by atoms with Crippen LogP contribution in [0.1, 0.15) is 12.8 Å². The molecule has 2 rings (SSSR count). The molecule has 1 aromatic carbocycles. The summed E-state index contributed by atoms with van der Waals surface area (Å²) in [6, 6.07) is 3.21. The van der Waals surface area contributed by atoms with E-state index in [-0.39, 0.29) is 0 Å². The minimum Gasteiger partial charge on any atom is -0.222 e. The Morgan fingerprint density at radius 3 is 1.86 bits per heavy atom. The Labute approximate surface area is 121 Å². The monoisotopic (exact) mass is 374 g/mol. The van der Waals surface area contributed by atoms with Gasteiger partial charge in [0.05, 0.1) is 4.90 Å². The van der Waals surface area contributed by atoms with E-state index in [0.717, 1.165) is 24.3 Å². The molecule has 2 nitrogen and oxygen atoms in total. The summed E-state index contributed by atoms with van der Waals surface area (Å²) in [6.07, 6.45) is -2.85. The van der Waals surface area contributed by atoms with Crippen LogP contribution in [0.2, 0.25) is 0 Å². The molecule has 0 radical (unpaired) electrons. The number of rotatable bonds is 3. The third kappa shape index (κ3) is 2.98. The lowest BCUT2D eigenvalue weighted by Gasteiger charge is -2.55. The van der Waals surface area contributed by atoms with Gasteiger partial charge in [-0.1, -0.05) is 19.4 Å². The van der Waals surface area contributed by atoms with Gasteiger partial charge in [0, 0.05) is 12.8 Å². The average Bonchev–Trinajstić information content (AvgIpc) is 2.22. The molecule has 0 heterocycles. The molecule has 0 aromatic heterocycles. The lowest BCUT2D eigenvalue weighted by Crippen LogP contribution is -2.52. The molecule has 1 aromatic rings. The van der Waals surface area contributed by atoms with Crippen LogP contribution in [0.4, 0.5) is 23.8 Å². The first kappa shape index (κ1) is 16.8. The number of alkyl halides is 1. The molecule has 0 bridgehead atoms. The van der Waals surface area contributed by atoms with Crippen LogP contribution in [-0.4, -0.2) is 17.9 Å². The molecule has 1 fully saturated rings.